The Morgan fingerprint density at radius 3 is 2.74 bits per heavy atom. The number of nitrogens with zero attached hydrogens (tertiary/aromatic N) is 1. The molecular formula is C13H12FN3O2. The second-order valence-electron chi connectivity index (χ2n) is 3.94. The topological polar surface area (TPSA) is 91.2 Å². The molecule has 0 atom stereocenters. The monoisotopic (exact) mass is 261 g/mol. The van der Waals surface area contributed by atoms with Crippen molar-refractivity contribution in [2.45, 2.75) is 6.92 Å². The maximum absolute atomic E-state index is 13.8. The molecule has 0 saturated carbocycles. The molecule has 0 unspecified atom stereocenters. The second kappa shape index (κ2) is 4.93. The van der Waals surface area contributed by atoms with Gasteiger partial charge in [-0.25, -0.2) is 9.37 Å². The molecule has 1 amide bonds. The van der Waals surface area contributed by atoms with E-state index in [9.17, 15) is 9.18 Å². The highest BCUT2D eigenvalue weighted by molar-refractivity contribution is 5.91. The van der Waals surface area contributed by atoms with E-state index in [-0.39, 0.29) is 23.0 Å². The number of halogens is 1. The number of carbonyl (C=O) groups is 1. The van der Waals surface area contributed by atoms with Gasteiger partial charge in [0, 0.05) is 0 Å². The summed E-state index contributed by atoms with van der Waals surface area (Å²) in [5.41, 5.74) is 11.4. The van der Waals surface area contributed by atoms with Crippen molar-refractivity contribution in [3.05, 3.63) is 47.4 Å². The van der Waals surface area contributed by atoms with Crippen LogP contribution in [0.2, 0.25) is 0 Å². The first-order chi connectivity index (χ1) is 8.99. The van der Waals surface area contributed by atoms with Gasteiger partial charge in [-0.1, -0.05) is 12.1 Å². The molecule has 0 aliphatic heterocycles. The van der Waals surface area contributed by atoms with Crippen molar-refractivity contribution in [3.63, 3.8) is 0 Å². The summed E-state index contributed by atoms with van der Waals surface area (Å²) < 4.78 is 19.1. The smallest absolute Gasteiger partial charge is 0.267 e. The van der Waals surface area contributed by atoms with Gasteiger partial charge in [0.25, 0.3) is 5.91 Å². The van der Waals surface area contributed by atoms with E-state index in [1.165, 1.54) is 18.2 Å². The van der Waals surface area contributed by atoms with E-state index in [4.69, 9.17) is 16.2 Å². The summed E-state index contributed by atoms with van der Waals surface area (Å²) in [5, 5.41) is 0. The summed E-state index contributed by atoms with van der Waals surface area (Å²) in [6, 6.07) is 7.49. The molecule has 1 aromatic carbocycles. The van der Waals surface area contributed by atoms with Gasteiger partial charge in [0.1, 0.15) is 5.69 Å². The fourth-order valence-corrected chi connectivity index (χ4v) is 1.47. The Kier molecular flexibility index (Phi) is 3.33. The standard InChI is InChI=1S/C13H12FN3O2/c1-7-3-2-4-10(11(7)14)19-13-8(15)5-6-9(17-13)12(16)18/h2-6H,15H2,1H3,(H2,16,18). The van der Waals surface area contributed by atoms with E-state index in [2.05, 4.69) is 4.98 Å². The Morgan fingerprint density at radius 1 is 1.32 bits per heavy atom. The number of hydrogen-bond donors (Lipinski definition) is 2. The highest BCUT2D eigenvalue weighted by Crippen LogP contribution is 2.28. The molecule has 0 aliphatic rings. The second-order valence-corrected chi connectivity index (χ2v) is 3.94. The van der Waals surface area contributed by atoms with Crippen molar-refractivity contribution in [2.24, 2.45) is 5.73 Å². The maximum atomic E-state index is 13.8. The number of aromatic nitrogens is 1. The number of benzene rings is 1. The minimum absolute atomic E-state index is 0.00254. The number of ether oxygens (including phenoxy) is 1. The van der Waals surface area contributed by atoms with Gasteiger partial charge in [-0.05, 0) is 30.7 Å². The van der Waals surface area contributed by atoms with Gasteiger partial charge >= 0.3 is 0 Å². The highest BCUT2D eigenvalue weighted by atomic mass is 19.1. The summed E-state index contributed by atoms with van der Waals surface area (Å²) in [7, 11) is 0. The van der Waals surface area contributed by atoms with Gasteiger partial charge < -0.3 is 16.2 Å². The molecule has 0 aliphatic carbocycles. The Bertz CT molecular complexity index is 644. The fourth-order valence-electron chi connectivity index (χ4n) is 1.47. The van der Waals surface area contributed by atoms with E-state index in [0.717, 1.165) is 0 Å². The normalized spacial score (nSPS) is 10.2. The number of carbonyl (C=O) groups excluding carboxylic acids is 1. The third-order valence-corrected chi connectivity index (χ3v) is 2.51. The third kappa shape index (κ3) is 2.62. The molecule has 19 heavy (non-hydrogen) atoms. The number of rotatable bonds is 3. The van der Waals surface area contributed by atoms with Crippen molar-refractivity contribution in [1.82, 2.24) is 4.98 Å². The van der Waals surface area contributed by atoms with Crippen LogP contribution in [-0.4, -0.2) is 10.9 Å². The zero-order valence-corrected chi connectivity index (χ0v) is 10.2. The van der Waals surface area contributed by atoms with Crippen LogP contribution in [0.25, 0.3) is 0 Å². The molecule has 1 heterocycles. The Morgan fingerprint density at radius 2 is 2.05 bits per heavy atom. The fraction of sp³-hybridized carbons (Fsp3) is 0.0769. The molecule has 6 heteroatoms. The molecule has 98 valence electrons. The number of nitrogens with two attached hydrogens (primary N) is 2. The number of pyridine rings is 1. The van der Waals surface area contributed by atoms with Crippen molar-refractivity contribution in [3.8, 4) is 11.6 Å². The van der Waals surface area contributed by atoms with Crippen LogP contribution in [0, 0.1) is 12.7 Å². The van der Waals surface area contributed by atoms with Crippen LogP contribution in [0.4, 0.5) is 10.1 Å². The predicted octanol–water partition coefficient (Wildman–Crippen LogP) is 2.00. The van der Waals surface area contributed by atoms with Crippen molar-refractivity contribution < 1.29 is 13.9 Å². The molecule has 2 aromatic rings. The van der Waals surface area contributed by atoms with E-state index in [1.807, 2.05) is 0 Å². The van der Waals surface area contributed by atoms with Gasteiger partial charge in [-0.3, -0.25) is 4.79 Å². The molecule has 0 spiro atoms. The van der Waals surface area contributed by atoms with Crippen LogP contribution in [0.15, 0.2) is 30.3 Å². The van der Waals surface area contributed by atoms with Gasteiger partial charge in [0.2, 0.25) is 5.88 Å². The number of primary amides is 1. The molecule has 5 nitrogen and oxygen atoms in total. The zero-order chi connectivity index (χ0) is 14.0. The minimum Gasteiger partial charge on any atom is -0.434 e. The SMILES string of the molecule is Cc1cccc(Oc2nc(C(N)=O)ccc2N)c1F. The molecule has 0 bridgehead atoms. The minimum atomic E-state index is -0.713. The average molecular weight is 261 g/mol. The molecule has 4 N–H and O–H groups in total. The van der Waals surface area contributed by atoms with E-state index in [1.54, 1.807) is 19.1 Å². The van der Waals surface area contributed by atoms with Crippen LogP contribution >= 0.6 is 0 Å². The van der Waals surface area contributed by atoms with Crippen LogP contribution in [0.1, 0.15) is 16.1 Å². The summed E-state index contributed by atoms with van der Waals surface area (Å²) >= 11 is 0. The molecule has 1 aromatic heterocycles. The van der Waals surface area contributed by atoms with Crippen molar-refractivity contribution in [1.29, 1.82) is 0 Å². The Balaban J connectivity index is 2.40. The molecule has 0 radical (unpaired) electrons. The first-order valence-corrected chi connectivity index (χ1v) is 5.48. The van der Waals surface area contributed by atoms with E-state index >= 15 is 0 Å². The summed E-state index contributed by atoms with van der Waals surface area (Å²) in [5.74, 6) is -1.29. The lowest BCUT2D eigenvalue weighted by molar-refractivity contribution is 0.0995. The van der Waals surface area contributed by atoms with Crippen LogP contribution in [0.5, 0.6) is 11.6 Å². The van der Waals surface area contributed by atoms with Gasteiger partial charge in [-0.2, -0.15) is 0 Å². The number of hydrogen-bond acceptors (Lipinski definition) is 4. The molecular weight excluding hydrogens is 249 g/mol. The first kappa shape index (κ1) is 12.8. The predicted molar refractivity (Wildman–Crippen MR) is 68.4 cm³/mol. The summed E-state index contributed by atoms with van der Waals surface area (Å²) in [4.78, 5) is 14.9. The van der Waals surface area contributed by atoms with E-state index < -0.39 is 11.7 Å². The van der Waals surface area contributed by atoms with Crippen molar-refractivity contribution in [2.75, 3.05) is 5.73 Å². The molecule has 0 fully saturated rings. The van der Waals surface area contributed by atoms with Crippen LogP contribution in [-0.2, 0) is 0 Å². The summed E-state index contributed by atoms with van der Waals surface area (Å²) in [6.45, 7) is 1.61. The third-order valence-electron chi connectivity index (χ3n) is 2.51. The van der Waals surface area contributed by atoms with Crippen LogP contribution < -0.4 is 16.2 Å². The molecule has 0 saturated heterocycles. The average Bonchev–Trinajstić information content (AvgIpc) is 2.37. The van der Waals surface area contributed by atoms with Gasteiger partial charge in [0.05, 0.1) is 5.69 Å². The van der Waals surface area contributed by atoms with Crippen LogP contribution in [0.3, 0.4) is 0 Å². The molecule has 2 rings (SSSR count). The van der Waals surface area contributed by atoms with E-state index in [0.29, 0.717) is 5.56 Å². The lowest BCUT2D eigenvalue weighted by atomic mass is 10.2. The number of aryl methyl sites for hydroxylation is 1. The maximum Gasteiger partial charge on any atom is 0.267 e. The quantitative estimate of drug-likeness (QED) is 0.884. The highest BCUT2D eigenvalue weighted by Gasteiger charge is 2.12. The lowest BCUT2D eigenvalue weighted by Gasteiger charge is -2.09. The number of anilines is 1. The van der Waals surface area contributed by atoms with Gasteiger partial charge in [-0.15, -0.1) is 0 Å². The summed E-state index contributed by atoms with van der Waals surface area (Å²) in [6.07, 6.45) is 0. The lowest BCUT2D eigenvalue weighted by Crippen LogP contribution is -2.13. The Hall–Kier alpha value is -2.63. The first-order valence-electron chi connectivity index (χ1n) is 5.48. The number of amides is 1. The Labute approximate surface area is 109 Å². The number of nitrogen functional groups attached to an aromatic ring is 1. The zero-order valence-electron chi connectivity index (χ0n) is 10.2. The van der Waals surface area contributed by atoms with Crippen molar-refractivity contribution >= 4 is 11.6 Å². The largest absolute Gasteiger partial charge is 0.434 e. The van der Waals surface area contributed by atoms with Gasteiger partial charge in [0.15, 0.2) is 11.6 Å².